The minimum absolute atomic E-state index is 0.0374. The topological polar surface area (TPSA) is 103 Å². The first-order valence-corrected chi connectivity index (χ1v) is 9.84. The molecular weight excluding hydrogens is 400 g/mol. The molecule has 28 heavy (non-hydrogen) atoms. The number of anilines is 1. The van der Waals surface area contributed by atoms with Crippen LogP contribution in [0.15, 0.2) is 78.0 Å². The van der Waals surface area contributed by atoms with Gasteiger partial charge >= 0.3 is 0 Å². The molecule has 0 fully saturated rings. The second-order valence-electron chi connectivity index (χ2n) is 5.48. The van der Waals surface area contributed by atoms with Crippen LogP contribution in [0, 0.1) is 0 Å². The predicted molar refractivity (Wildman–Crippen MR) is 108 cm³/mol. The van der Waals surface area contributed by atoms with E-state index in [1.165, 1.54) is 42.7 Å². The maximum Gasteiger partial charge on any atom is 0.248 e. The highest BCUT2D eigenvalue weighted by Gasteiger charge is 2.12. The van der Waals surface area contributed by atoms with E-state index in [-0.39, 0.29) is 16.8 Å². The monoisotopic (exact) mass is 413 g/mol. The number of sulfonamides is 1. The average molecular weight is 414 g/mol. The van der Waals surface area contributed by atoms with Crippen molar-refractivity contribution in [2.45, 2.75) is 4.90 Å². The van der Waals surface area contributed by atoms with Crippen molar-refractivity contribution < 1.29 is 13.2 Å². The number of hydrogen-bond acceptors (Lipinski definition) is 5. The maximum absolute atomic E-state index is 12.3. The molecule has 0 bridgehead atoms. The number of halogens is 1. The molecular formula is C19H14ClN4O3S-. The molecule has 0 aliphatic carbocycles. The Labute approximate surface area is 167 Å². The molecule has 9 heteroatoms. The third-order valence-corrected chi connectivity index (χ3v) is 5.11. The molecule has 3 aromatic rings. The van der Waals surface area contributed by atoms with Gasteiger partial charge in [0.05, 0.1) is 4.90 Å². The molecule has 1 aromatic heterocycles. The molecule has 1 heterocycles. The summed E-state index contributed by atoms with van der Waals surface area (Å²) in [5, 5.41) is 3.18. The van der Waals surface area contributed by atoms with E-state index < -0.39 is 10.0 Å². The number of rotatable bonds is 6. The highest BCUT2D eigenvalue weighted by molar-refractivity contribution is 7.94. The van der Waals surface area contributed by atoms with Gasteiger partial charge in [-0.25, -0.2) is 8.42 Å². The summed E-state index contributed by atoms with van der Waals surface area (Å²) in [5.41, 5.74) is 1.15. The van der Waals surface area contributed by atoms with Gasteiger partial charge in [0.25, 0.3) is 0 Å². The molecule has 0 unspecified atom stereocenters. The maximum atomic E-state index is 12.3. The van der Waals surface area contributed by atoms with Crippen molar-refractivity contribution in [2.75, 3.05) is 5.32 Å². The van der Waals surface area contributed by atoms with Crippen LogP contribution >= 0.6 is 11.6 Å². The van der Waals surface area contributed by atoms with Crippen molar-refractivity contribution in [3.05, 3.63) is 88.4 Å². The lowest BCUT2D eigenvalue weighted by molar-refractivity contribution is -0.111. The number of carbonyl (C=O) groups excluding carboxylic acids is 1. The Morgan fingerprint density at radius 3 is 2.36 bits per heavy atom. The summed E-state index contributed by atoms with van der Waals surface area (Å²) in [5.74, 6) is -0.525. The fraction of sp³-hybridized carbons (Fsp3) is 0. The normalized spacial score (nSPS) is 11.3. The van der Waals surface area contributed by atoms with Crippen LogP contribution in [0.5, 0.6) is 0 Å². The minimum Gasteiger partial charge on any atom is -0.366 e. The van der Waals surface area contributed by atoms with E-state index in [1.807, 2.05) is 6.07 Å². The van der Waals surface area contributed by atoms with E-state index in [9.17, 15) is 13.2 Å². The first-order valence-electron chi connectivity index (χ1n) is 8.03. The molecule has 1 N–H and O–H groups in total. The summed E-state index contributed by atoms with van der Waals surface area (Å²) >= 11 is 6.03. The summed E-state index contributed by atoms with van der Waals surface area (Å²) in [6.45, 7) is 0. The number of nitrogens with one attached hydrogen (secondary N) is 1. The number of nitrogens with zero attached hydrogens (tertiary/aromatic N) is 3. The van der Waals surface area contributed by atoms with Gasteiger partial charge in [0.2, 0.25) is 15.9 Å². The van der Waals surface area contributed by atoms with Crippen LogP contribution in [-0.4, -0.2) is 24.3 Å². The quantitative estimate of drug-likeness (QED) is 0.610. The van der Waals surface area contributed by atoms with Gasteiger partial charge in [0.1, 0.15) is 0 Å². The van der Waals surface area contributed by atoms with Crippen LogP contribution in [0.25, 0.3) is 10.8 Å². The number of aromatic nitrogens is 2. The van der Waals surface area contributed by atoms with Crippen LogP contribution in [0.2, 0.25) is 5.02 Å². The van der Waals surface area contributed by atoms with E-state index in [1.54, 1.807) is 30.3 Å². The zero-order chi connectivity index (χ0) is 20.0. The average Bonchev–Trinajstić information content (AvgIpc) is 2.68. The van der Waals surface area contributed by atoms with Crippen molar-refractivity contribution >= 4 is 45.2 Å². The van der Waals surface area contributed by atoms with Gasteiger partial charge < -0.3 is 15.3 Å². The Hall–Kier alpha value is -3.23. The molecule has 7 nitrogen and oxygen atoms in total. The molecule has 0 atom stereocenters. The second-order valence-corrected chi connectivity index (χ2v) is 7.49. The molecule has 142 valence electrons. The molecule has 0 aliphatic heterocycles. The lowest BCUT2D eigenvalue weighted by Gasteiger charge is -2.12. The Bertz CT molecular complexity index is 1100. The van der Waals surface area contributed by atoms with E-state index in [0.717, 1.165) is 0 Å². The Balaban J connectivity index is 1.65. The lowest BCUT2D eigenvalue weighted by Crippen LogP contribution is -2.08. The number of benzene rings is 2. The van der Waals surface area contributed by atoms with Gasteiger partial charge in [-0.15, -0.1) is 0 Å². The number of carbonyl (C=O) groups is 1. The molecule has 1 amide bonds. The van der Waals surface area contributed by atoms with Crippen molar-refractivity contribution in [2.24, 2.45) is 0 Å². The molecule has 3 rings (SSSR count). The largest absolute Gasteiger partial charge is 0.366 e. The fourth-order valence-electron chi connectivity index (χ4n) is 2.17. The Morgan fingerprint density at radius 1 is 1.00 bits per heavy atom. The summed E-state index contributed by atoms with van der Waals surface area (Å²) < 4.78 is 28.1. The van der Waals surface area contributed by atoms with Crippen molar-refractivity contribution in [3.8, 4) is 0 Å². The highest BCUT2D eigenvalue weighted by Crippen LogP contribution is 2.24. The van der Waals surface area contributed by atoms with Crippen molar-refractivity contribution in [1.29, 1.82) is 0 Å². The standard InChI is InChI=1S/C19H15ClN4O3S/c20-17-5-2-1-4-14(17)6-11-18(25)23-15-7-9-16(10-8-15)28(26,27)24-19-21-12-3-13-22-19/h1-13H,(H2,21,22,23,24,25)/p-1. The fourth-order valence-corrected chi connectivity index (χ4v) is 3.26. The third-order valence-electron chi connectivity index (χ3n) is 3.49. The second kappa shape index (κ2) is 8.64. The number of amides is 1. The van der Waals surface area contributed by atoms with E-state index in [2.05, 4.69) is 20.0 Å². The summed E-state index contributed by atoms with van der Waals surface area (Å²) in [6, 6.07) is 14.3. The van der Waals surface area contributed by atoms with Gasteiger partial charge in [0, 0.05) is 22.7 Å². The van der Waals surface area contributed by atoms with Gasteiger partial charge in [-0.05, 0) is 54.4 Å². The zero-order valence-electron chi connectivity index (χ0n) is 14.4. The lowest BCUT2D eigenvalue weighted by atomic mass is 10.2. The molecule has 0 saturated carbocycles. The zero-order valence-corrected chi connectivity index (χ0v) is 15.9. The number of hydrogen-bond donors (Lipinski definition) is 1. The Kier molecular flexibility index (Phi) is 6.03. The first kappa shape index (κ1) is 19.5. The van der Waals surface area contributed by atoms with Crippen LogP contribution in [0.1, 0.15) is 5.56 Å². The van der Waals surface area contributed by atoms with Crippen molar-refractivity contribution in [1.82, 2.24) is 9.97 Å². The summed E-state index contributed by atoms with van der Waals surface area (Å²) in [7, 11) is -3.95. The van der Waals surface area contributed by atoms with E-state index in [4.69, 9.17) is 11.6 Å². The molecule has 0 radical (unpaired) electrons. The highest BCUT2D eigenvalue weighted by atomic mass is 35.5. The molecule has 2 aromatic carbocycles. The van der Waals surface area contributed by atoms with E-state index in [0.29, 0.717) is 16.3 Å². The van der Waals surface area contributed by atoms with Crippen LogP contribution < -0.4 is 5.32 Å². The van der Waals surface area contributed by atoms with E-state index >= 15 is 0 Å². The first-order chi connectivity index (χ1) is 13.4. The summed E-state index contributed by atoms with van der Waals surface area (Å²) in [6.07, 6.45) is 5.73. The molecule has 0 spiro atoms. The van der Waals surface area contributed by atoms with Crippen LogP contribution in [-0.2, 0) is 14.8 Å². The van der Waals surface area contributed by atoms with Crippen LogP contribution in [0.4, 0.5) is 11.6 Å². The van der Waals surface area contributed by atoms with Gasteiger partial charge in [-0.2, -0.15) is 0 Å². The van der Waals surface area contributed by atoms with Gasteiger partial charge in [-0.1, -0.05) is 35.9 Å². The van der Waals surface area contributed by atoms with Crippen LogP contribution in [0.3, 0.4) is 0 Å². The smallest absolute Gasteiger partial charge is 0.248 e. The van der Waals surface area contributed by atoms with Gasteiger partial charge in [0.15, 0.2) is 0 Å². The minimum atomic E-state index is -3.95. The predicted octanol–water partition coefficient (Wildman–Crippen LogP) is 4.18. The SMILES string of the molecule is O=C(C=Cc1ccccc1Cl)Nc1ccc(S(=O)(=O)[N-]c2ncccn2)cc1. The van der Waals surface area contributed by atoms with Crippen molar-refractivity contribution in [3.63, 3.8) is 0 Å². The molecule has 0 aliphatic rings. The molecule has 0 saturated heterocycles. The van der Waals surface area contributed by atoms with Gasteiger partial charge in [-0.3, -0.25) is 9.52 Å². The third kappa shape index (κ3) is 5.15. The Morgan fingerprint density at radius 2 is 1.68 bits per heavy atom. The summed E-state index contributed by atoms with van der Waals surface area (Å²) in [4.78, 5) is 19.5.